The Morgan fingerprint density at radius 2 is 2.08 bits per heavy atom. The van der Waals surface area contributed by atoms with Crippen LogP contribution < -0.4 is 4.74 Å². The number of hydrogen-bond donors (Lipinski definition) is 1. The van der Waals surface area contributed by atoms with Gasteiger partial charge in [-0.25, -0.2) is 9.97 Å². The van der Waals surface area contributed by atoms with Crippen LogP contribution in [0.1, 0.15) is 5.69 Å². The number of rotatable bonds is 6. The fraction of sp³-hybridized carbons (Fsp3) is 0.118. The van der Waals surface area contributed by atoms with Crippen molar-refractivity contribution < 1.29 is 9.15 Å². The number of hydrogen-bond acceptors (Lipinski definition) is 7. The maximum Gasteiger partial charge on any atom is 0.226 e. The first kappa shape index (κ1) is 15.9. The summed E-state index contributed by atoms with van der Waals surface area (Å²) in [5.74, 6) is 2.82. The molecule has 0 saturated carbocycles. The Morgan fingerprint density at radius 1 is 1.20 bits per heavy atom. The summed E-state index contributed by atoms with van der Waals surface area (Å²) in [7, 11) is 1.64. The van der Waals surface area contributed by atoms with Gasteiger partial charge in [-0.1, -0.05) is 17.8 Å². The van der Waals surface area contributed by atoms with Crippen LogP contribution in [0, 0.1) is 0 Å². The minimum absolute atomic E-state index is 0.590. The highest BCUT2D eigenvalue weighted by Gasteiger charge is 2.10. The fourth-order valence-corrected chi connectivity index (χ4v) is 3.55. The van der Waals surface area contributed by atoms with Gasteiger partial charge in [-0.2, -0.15) is 0 Å². The van der Waals surface area contributed by atoms with Gasteiger partial charge in [0.1, 0.15) is 12.0 Å². The van der Waals surface area contributed by atoms with Gasteiger partial charge in [0.15, 0.2) is 5.82 Å². The number of H-pyrrole nitrogens is 1. The van der Waals surface area contributed by atoms with Gasteiger partial charge in [-0.3, -0.25) is 5.10 Å². The Labute approximate surface area is 152 Å². The van der Waals surface area contributed by atoms with Crippen molar-refractivity contribution >= 4 is 23.1 Å². The molecule has 0 atom stereocenters. The van der Waals surface area contributed by atoms with Crippen LogP contribution in [0.15, 0.2) is 57.6 Å². The van der Waals surface area contributed by atoms with Crippen molar-refractivity contribution in [2.24, 2.45) is 0 Å². The van der Waals surface area contributed by atoms with Gasteiger partial charge in [0.25, 0.3) is 0 Å². The lowest BCUT2D eigenvalue weighted by atomic mass is 10.2. The molecule has 0 amide bonds. The zero-order chi connectivity index (χ0) is 17.1. The molecule has 1 aromatic carbocycles. The largest absolute Gasteiger partial charge is 0.497 e. The highest BCUT2D eigenvalue weighted by atomic mass is 32.2. The second-order valence-electron chi connectivity index (χ2n) is 5.11. The molecule has 0 fully saturated rings. The van der Waals surface area contributed by atoms with E-state index in [1.807, 2.05) is 41.8 Å². The Balaban J connectivity index is 1.41. The Morgan fingerprint density at radius 3 is 2.84 bits per heavy atom. The molecule has 0 aliphatic heterocycles. The van der Waals surface area contributed by atoms with Crippen molar-refractivity contribution in [2.75, 3.05) is 7.11 Å². The third-order valence-corrected chi connectivity index (χ3v) is 5.21. The average Bonchev–Trinajstić information content (AvgIpc) is 3.41. The van der Waals surface area contributed by atoms with Crippen LogP contribution in [-0.4, -0.2) is 27.3 Å². The zero-order valence-corrected chi connectivity index (χ0v) is 14.9. The lowest BCUT2D eigenvalue weighted by Crippen LogP contribution is -1.85. The Kier molecular flexibility index (Phi) is 4.53. The summed E-state index contributed by atoms with van der Waals surface area (Å²) in [6.45, 7) is 0. The van der Waals surface area contributed by atoms with E-state index in [4.69, 9.17) is 9.15 Å². The van der Waals surface area contributed by atoms with Crippen molar-refractivity contribution in [3.8, 4) is 27.9 Å². The van der Waals surface area contributed by atoms with Crippen LogP contribution in [0.4, 0.5) is 0 Å². The third-order valence-electron chi connectivity index (χ3n) is 3.46. The number of aromatic nitrogens is 4. The molecule has 0 bridgehead atoms. The van der Waals surface area contributed by atoms with Crippen molar-refractivity contribution in [1.29, 1.82) is 0 Å². The number of oxazole rings is 1. The predicted molar refractivity (Wildman–Crippen MR) is 97.7 cm³/mol. The van der Waals surface area contributed by atoms with E-state index >= 15 is 0 Å². The molecular weight excluding hydrogens is 356 g/mol. The first-order valence-electron chi connectivity index (χ1n) is 7.50. The van der Waals surface area contributed by atoms with Gasteiger partial charge in [0.05, 0.1) is 17.7 Å². The number of methoxy groups -OCH3 is 1. The van der Waals surface area contributed by atoms with Crippen molar-refractivity contribution in [3.05, 3.63) is 53.7 Å². The molecule has 0 aliphatic rings. The SMILES string of the molecule is COc1ccc(-c2nc(CSc3n[nH]c(-c4cccs4)n3)co2)cc1. The molecule has 3 aromatic heterocycles. The van der Waals surface area contributed by atoms with Gasteiger partial charge in [-0.15, -0.1) is 16.4 Å². The smallest absolute Gasteiger partial charge is 0.226 e. The summed E-state index contributed by atoms with van der Waals surface area (Å²) in [6.07, 6.45) is 1.67. The van der Waals surface area contributed by atoms with E-state index in [1.54, 1.807) is 24.7 Å². The number of thioether (sulfide) groups is 1. The minimum atomic E-state index is 0.590. The van der Waals surface area contributed by atoms with Crippen LogP contribution in [0.5, 0.6) is 5.75 Å². The molecule has 3 heterocycles. The molecule has 1 N–H and O–H groups in total. The molecule has 0 unspecified atom stereocenters. The molecule has 4 aromatic rings. The van der Waals surface area contributed by atoms with Crippen LogP contribution in [0.2, 0.25) is 0 Å². The van der Waals surface area contributed by atoms with E-state index in [0.29, 0.717) is 16.8 Å². The van der Waals surface area contributed by atoms with Crippen LogP contribution in [0.25, 0.3) is 22.2 Å². The molecule has 6 nitrogen and oxygen atoms in total. The minimum Gasteiger partial charge on any atom is -0.497 e. The number of nitrogens with one attached hydrogen (secondary N) is 1. The third kappa shape index (κ3) is 3.59. The summed E-state index contributed by atoms with van der Waals surface area (Å²) in [5.41, 5.74) is 1.76. The summed E-state index contributed by atoms with van der Waals surface area (Å²) < 4.78 is 10.7. The van der Waals surface area contributed by atoms with E-state index in [9.17, 15) is 0 Å². The number of thiophene rings is 1. The zero-order valence-electron chi connectivity index (χ0n) is 13.3. The van der Waals surface area contributed by atoms with Gasteiger partial charge >= 0.3 is 0 Å². The summed E-state index contributed by atoms with van der Waals surface area (Å²) in [6, 6.07) is 11.6. The highest BCUT2D eigenvalue weighted by Crippen LogP contribution is 2.26. The monoisotopic (exact) mass is 370 g/mol. The number of ether oxygens (including phenoxy) is 1. The summed E-state index contributed by atoms with van der Waals surface area (Å²) in [4.78, 5) is 10.1. The first-order chi connectivity index (χ1) is 12.3. The summed E-state index contributed by atoms with van der Waals surface area (Å²) >= 11 is 3.14. The highest BCUT2D eigenvalue weighted by molar-refractivity contribution is 7.98. The van der Waals surface area contributed by atoms with Gasteiger partial charge in [-0.05, 0) is 35.7 Å². The standard InChI is InChI=1S/C17H14N4O2S2/c1-22-13-6-4-11(5-7-13)16-18-12(9-23-16)10-25-17-19-15(20-21-17)14-3-2-8-24-14/h2-9H,10H2,1H3,(H,19,20,21). The van der Waals surface area contributed by atoms with E-state index in [1.165, 1.54) is 11.8 Å². The Hall–Kier alpha value is -2.58. The quantitative estimate of drug-likeness (QED) is 0.504. The Bertz CT molecular complexity index is 945. The topological polar surface area (TPSA) is 76.8 Å². The van der Waals surface area contributed by atoms with E-state index in [0.717, 1.165) is 27.7 Å². The first-order valence-corrected chi connectivity index (χ1v) is 9.36. The molecule has 0 saturated heterocycles. The molecule has 25 heavy (non-hydrogen) atoms. The van der Waals surface area contributed by atoms with Gasteiger partial charge < -0.3 is 9.15 Å². The normalized spacial score (nSPS) is 10.9. The van der Waals surface area contributed by atoms with Gasteiger partial charge in [0.2, 0.25) is 11.0 Å². The second kappa shape index (κ2) is 7.12. The fourth-order valence-electron chi connectivity index (χ4n) is 2.21. The lowest BCUT2D eigenvalue weighted by molar-refractivity contribution is 0.415. The average molecular weight is 370 g/mol. The maximum absolute atomic E-state index is 5.56. The van der Waals surface area contributed by atoms with E-state index in [2.05, 4.69) is 20.2 Å². The maximum atomic E-state index is 5.56. The molecule has 8 heteroatoms. The molecular formula is C17H14N4O2S2. The molecule has 0 aliphatic carbocycles. The van der Waals surface area contributed by atoms with Crippen LogP contribution in [0.3, 0.4) is 0 Å². The van der Waals surface area contributed by atoms with Crippen molar-refractivity contribution in [2.45, 2.75) is 10.9 Å². The van der Waals surface area contributed by atoms with Crippen LogP contribution >= 0.6 is 23.1 Å². The molecule has 126 valence electrons. The van der Waals surface area contributed by atoms with Gasteiger partial charge in [0, 0.05) is 11.3 Å². The number of aromatic amines is 1. The van der Waals surface area contributed by atoms with Crippen LogP contribution in [-0.2, 0) is 5.75 Å². The molecule has 0 radical (unpaired) electrons. The number of nitrogens with zero attached hydrogens (tertiary/aromatic N) is 3. The number of benzene rings is 1. The van der Waals surface area contributed by atoms with Crippen molar-refractivity contribution in [3.63, 3.8) is 0 Å². The summed E-state index contributed by atoms with van der Waals surface area (Å²) in [5, 5.41) is 9.90. The van der Waals surface area contributed by atoms with E-state index in [-0.39, 0.29) is 0 Å². The lowest BCUT2D eigenvalue weighted by Gasteiger charge is -1.99. The second-order valence-corrected chi connectivity index (χ2v) is 7.00. The molecule has 0 spiro atoms. The molecule has 4 rings (SSSR count). The van der Waals surface area contributed by atoms with Crippen molar-refractivity contribution in [1.82, 2.24) is 20.2 Å². The van der Waals surface area contributed by atoms with E-state index < -0.39 is 0 Å². The predicted octanol–water partition coefficient (Wildman–Crippen LogP) is 4.49.